The van der Waals surface area contributed by atoms with Gasteiger partial charge in [-0.3, -0.25) is 9.59 Å². The zero-order chi connectivity index (χ0) is 32.8. The number of amides is 4. The minimum Gasteiger partial charge on any atom is -0.444 e. The van der Waals surface area contributed by atoms with Crippen LogP contribution in [0.2, 0.25) is 0 Å². The summed E-state index contributed by atoms with van der Waals surface area (Å²) in [5, 5.41) is 10.7. The van der Waals surface area contributed by atoms with Crippen LogP contribution >= 0.6 is 0 Å². The van der Waals surface area contributed by atoms with E-state index < -0.39 is 46.7 Å². The van der Waals surface area contributed by atoms with Gasteiger partial charge in [0.25, 0.3) is 0 Å². The van der Waals surface area contributed by atoms with Crippen LogP contribution in [0.1, 0.15) is 95.9 Å². The van der Waals surface area contributed by atoms with Crippen molar-refractivity contribution in [2.45, 2.75) is 130 Å². The van der Waals surface area contributed by atoms with Crippen LogP contribution in [0.25, 0.3) is 0 Å². The summed E-state index contributed by atoms with van der Waals surface area (Å²) < 4.78 is 22.0. The summed E-state index contributed by atoms with van der Waals surface area (Å²) in [5.41, 5.74) is -2.37. The number of nitrogens with one attached hydrogen (secondary N) is 4. The van der Waals surface area contributed by atoms with Crippen molar-refractivity contribution in [3.63, 3.8) is 0 Å². The van der Waals surface area contributed by atoms with Gasteiger partial charge in [0, 0.05) is 13.1 Å². The van der Waals surface area contributed by atoms with E-state index in [1.807, 2.05) is 53.7 Å². The van der Waals surface area contributed by atoms with Gasteiger partial charge in [-0.25, -0.2) is 9.59 Å². The van der Waals surface area contributed by atoms with Crippen molar-refractivity contribution in [1.82, 2.24) is 21.3 Å². The number of carbonyl (C=O) groups excluding carboxylic acids is 4. The normalized spacial score (nSPS) is 14.1. The zero-order valence-electron chi connectivity index (χ0n) is 27.8. The number of rotatable bonds is 14. The predicted molar refractivity (Wildman–Crippen MR) is 162 cm³/mol. The van der Waals surface area contributed by atoms with Crippen LogP contribution in [-0.2, 0) is 28.5 Å². The first-order chi connectivity index (χ1) is 19.0. The molecule has 0 saturated heterocycles. The highest BCUT2D eigenvalue weighted by molar-refractivity contribution is 5.86. The van der Waals surface area contributed by atoms with Gasteiger partial charge in [-0.1, -0.05) is 12.2 Å². The van der Waals surface area contributed by atoms with Gasteiger partial charge in [0.15, 0.2) is 0 Å². The fourth-order valence-corrected chi connectivity index (χ4v) is 2.97. The molecule has 42 heavy (non-hydrogen) atoms. The number of hydrogen-bond acceptors (Lipinski definition) is 8. The minimum atomic E-state index is -0.914. The van der Waals surface area contributed by atoms with Crippen LogP contribution in [-0.4, -0.2) is 84.8 Å². The van der Waals surface area contributed by atoms with Gasteiger partial charge in [-0.05, 0) is 95.9 Å². The summed E-state index contributed by atoms with van der Waals surface area (Å²) in [6.07, 6.45) is 3.45. The highest BCUT2D eigenvalue weighted by Crippen LogP contribution is 2.11. The molecule has 0 heterocycles. The Kier molecular flexibility index (Phi) is 16.1. The van der Waals surface area contributed by atoms with Crippen LogP contribution in [0, 0.1) is 0 Å². The van der Waals surface area contributed by atoms with E-state index in [4.69, 9.17) is 18.9 Å². The third-order valence-corrected chi connectivity index (χ3v) is 4.77. The average Bonchev–Trinajstić information content (AvgIpc) is 2.77. The molecule has 0 bridgehead atoms. The lowest BCUT2D eigenvalue weighted by Crippen LogP contribution is -2.51. The zero-order valence-corrected chi connectivity index (χ0v) is 27.8. The van der Waals surface area contributed by atoms with Crippen LogP contribution in [0.4, 0.5) is 9.59 Å². The molecule has 12 heteroatoms. The summed E-state index contributed by atoms with van der Waals surface area (Å²) >= 11 is 0. The Morgan fingerprint density at radius 3 is 1.12 bits per heavy atom. The maximum atomic E-state index is 12.7. The second kappa shape index (κ2) is 17.3. The first-order valence-electron chi connectivity index (χ1n) is 14.4. The third kappa shape index (κ3) is 22.8. The molecule has 244 valence electrons. The Morgan fingerprint density at radius 1 is 0.548 bits per heavy atom. The number of carbonyl (C=O) groups is 4. The molecule has 4 amide bonds. The van der Waals surface area contributed by atoms with E-state index >= 15 is 0 Å². The van der Waals surface area contributed by atoms with Gasteiger partial charge < -0.3 is 40.2 Å². The minimum absolute atomic E-state index is 0.00527. The Labute approximate surface area is 252 Å². The number of ether oxygens (including phenoxy) is 4. The first kappa shape index (κ1) is 39.1. The van der Waals surface area contributed by atoms with Gasteiger partial charge in [0.05, 0.1) is 24.4 Å². The topological polar surface area (TPSA) is 153 Å². The number of alkyl carbamates (subject to hydrolysis) is 2. The molecular weight excluding hydrogens is 544 g/mol. The van der Waals surface area contributed by atoms with Gasteiger partial charge in [0.1, 0.15) is 23.3 Å². The van der Waals surface area contributed by atoms with Crippen molar-refractivity contribution in [1.29, 1.82) is 0 Å². The fraction of sp³-hybridized carbons (Fsp3) is 0.800. The number of hydrogen-bond donors (Lipinski definition) is 4. The van der Waals surface area contributed by atoms with E-state index in [1.54, 1.807) is 41.5 Å². The summed E-state index contributed by atoms with van der Waals surface area (Å²) in [6.45, 7) is 22.3. The quantitative estimate of drug-likeness (QED) is 0.173. The van der Waals surface area contributed by atoms with Gasteiger partial charge in [-0.15, -0.1) is 0 Å². The Balaban J connectivity index is 4.74. The molecule has 0 radical (unpaired) electrons. The van der Waals surface area contributed by atoms with Crippen molar-refractivity contribution in [2.24, 2.45) is 0 Å². The summed E-state index contributed by atoms with van der Waals surface area (Å²) in [5.74, 6) is -0.765. The first-order valence-corrected chi connectivity index (χ1v) is 14.4. The molecular formula is C30H56N4O8. The van der Waals surface area contributed by atoms with Gasteiger partial charge >= 0.3 is 12.2 Å². The second-order valence-electron chi connectivity index (χ2n) is 13.9. The average molecular weight is 601 g/mol. The Bertz CT molecular complexity index is 821. The van der Waals surface area contributed by atoms with Crippen LogP contribution in [0.15, 0.2) is 12.2 Å². The summed E-state index contributed by atoms with van der Waals surface area (Å²) in [4.78, 5) is 49.9. The molecule has 0 aliphatic carbocycles. The third-order valence-electron chi connectivity index (χ3n) is 4.77. The molecule has 0 aromatic carbocycles. The standard InChI is InChI=1S/C30H56N4O8/c1-27(2,3)39-19-21(33-25(37)41-29(7,8)9)23(35)31-17-15-13-14-16-18-32-24(36)22(20-40-28(4,5)6)34-26(38)42-30(10,11)12/h13-14,21-22H,15-20H2,1-12H3,(H,31,35)(H,32,36)(H,33,37)(H,34,38)/t21-,22-/m0/s1. The molecule has 0 aliphatic rings. The lowest BCUT2D eigenvalue weighted by molar-refractivity contribution is -0.127. The Hall–Kier alpha value is -2.86. The largest absolute Gasteiger partial charge is 0.444 e. The lowest BCUT2D eigenvalue weighted by Gasteiger charge is -2.26. The molecule has 0 rings (SSSR count). The van der Waals surface area contributed by atoms with Crippen LogP contribution in [0.5, 0.6) is 0 Å². The molecule has 0 aromatic rings. The molecule has 12 nitrogen and oxygen atoms in total. The molecule has 2 atom stereocenters. The van der Waals surface area contributed by atoms with E-state index in [-0.39, 0.29) is 25.0 Å². The summed E-state index contributed by atoms with van der Waals surface area (Å²) in [7, 11) is 0. The van der Waals surface area contributed by atoms with Crippen molar-refractivity contribution < 1.29 is 38.1 Å². The van der Waals surface area contributed by atoms with E-state index in [1.165, 1.54) is 0 Å². The molecule has 4 N–H and O–H groups in total. The van der Waals surface area contributed by atoms with Gasteiger partial charge in [0.2, 0.25) is 11.8 Å². The molecule has 0 fully saturated rings. The summed E-state index contributed by atoms with van der Waals surface area (Å²) in [6, 6.07) is -1.83. The SMILES string of the molecule is CC(C)(C)OC[C@H](NC(=O)OC(C)(C)C)C(=O)NCCC=CCCNC(=O)[C@H](COC(C)(C)C)NC(=O)OC(C)(C)C. The smallest absolute Gasteiger partial charge is 0.408 e. The monoisotopic (exact) mass is 600 g/mol. The maximum absolute atomic E-state index is 12.7. The van der Waals surface area contributed by atoms with Crippen molar-refractivity contribution in [2.75, 3.05) is 26.3 Å². The molecule has 0 spiro atoms. The molecule has 0 unspecified atom stereocenters. The highest BCUT2D eigenvalue weighted by atomic mass is 16.6. The maximum Gasteiger partial charge on any atom is 0.408 e. The fourth-order valence-electron chi connectivity index (χ4n) is 2.97. The van der Waals surface area contributed by atoms with E-state index in [0.29, 0.717) is 25.9 Å². The molecule has 0 aliphatic heterocycles. The van der Waals surface area contributed by atoms with E-state index in [0.717, 1.165) is 0 Å². The van der Waals surface area contributed by atoms with Gasteiger partial charge in [-0.2, -0.15) is 0 Å². The Morgan fingerprint density at radius 2 is 0.857 bits per heavy atom. The predicted octanol–water partition coefficient (Wildman–Crippen LogP) is 3.97. The van der Waals surface area contributed by atoms with E-state index in [9.17, 15) is 19.2 Å². The van der Waals surface area contributed by atoms with E-state index in [2.05, 4.69) is 21.3 Å². The molecule has 0 saturated carbocycles. The van der Waals surface area contributed by atoms with Crippen molar-refractivity contribution >= 4 is 24.0 Å². The van der Waals surface area contributed by atoms with Crippen LogP contribution < -0.4 is 21.3 Å². The lowest BCUT2D eigenvalue weighted by atomic mass is 10.2. The van der Waals surface area contributed by atoms with Crippen molar-refractivity contribution in [3.05, 3.63) is 12.2 Å². The second-order valence-corrected chi connectivity index (χ2v) is 13.9. The van der Waals surface area contributed by atoms with Crippen molar-refractivity contribution in [3.8, 4) is 0 Å². The van der Waals surface area contributed by atoms with Crippen LogP contribution in [0.3, 0.4) is 0 Å². The molecule has 0 aromatic heterocycles. The highest BCUT2D eigenvalue weighted by Gasteiger charge is 2.27.